The Morgan fingerprint density at radius 3 is 2.81 bits per heavy atom. The van der Waals surface area contributed by atoms with Gasteiger partial charge >= 0.3 is 0 Å². The standard InChI is InChI=1S/C13H13N5O3/c1-2-15-12(19)11-7-10(16-13(14)17-11)8-4-3-5-9(6-8)18(20)21/h3-7H,2H2,1H3,(H,15,19)(H2,14,16,17). The molecule has 0 aliphatic carbocycles. The van der Waals surface area contributed by atoms with Crippen LogP contribution < -0.4 is 11.1 Å². The maximum Gasteiger partial charge on any atom is 0.270 e. The maximum absolute atomic E-state index is 11.8. The number of hydrogen-bond donors (Lipinski definition) is 2. The predicted octanol–water partition coefficient (Wildman–Crippen LogP) is 1.38. The molecule has 8 nitrogen and oxygen atoms in total. The lowest BCUT2D eigenvalue weighted by Crippen LogP contribution is -2.24. The number of rotatable bonds is 4. The van der Waals surface area contributed by atoms with Gasteiger partial charge in [-0.25, -0.2) is 9.97 Å². The molecule has 2 rings (SSSR count). The van der Waals surface area contributed by atoms with Crippen molar-refractivity contribution in [3.05, 3.63) is 46.1 Å². The summed E-state index contributed by atoms with van der Waals surface area (Å²) in [5, 5.41) is 13.4. The van der Waals surface area contributed by atoms with E-state index in [-0.39, 0.29) is 23.2 Å². The van der Waals surface area contributed by atoms with E-state index < -0.39 is 4.92 Å². The number of carbonyl (C=O) groups excluding carboxylic acids is 1. The van der Waals surface area contributed by atoms with Crippen LogP contribution >= 0.6 is 0 Å². The summed E-state index contributed by atoms with van der Waals surface area (Å²) < 4.78 is 0. The van der Waals surface area contributed by atoms with Crippen molar-refractivity contribution in [3.8, 4) is 11.3 Å². The van der Waals surface area contributed by atoms with E-state index in [2.05, 4.69) is 15.3 Å². The highest BCUT2D eigenvalue weighted by Crippen LogP contribution is 2.23. The molecule has 0 aliphatic rings. The monoisotopic (exact) mass is 287 g/mol. The number of benzene rings is 1. The van der Waals surface area contributed by atoms with Crippen LogP contribution in [0.25, 0.3) is 11.3 Å². The molecule has 1 aromatic heterocycles. The van der Waals surface area contributed by atoms with Gasteiger partial charge in [0.15, 0.2) is 0 Å². The van der Waals surface area contributed by atoms with Crippen molar-refractivity contribution in [2.24, 2.45) is 0 Å². The lowest BCUT2D eigenvalue weighted by molar-refractivity contribution is -0.384. The molecule has 3 N–H and O–H groups in total. The number of carbonyl (C=O) groups is 1. The largest absolute Gasteiger partial charge is 0.368 e. The van der Waals surface area contributed by atoms with E-state index in [1.165, 1.54) is 24.3 Å². The Bertz CT molecular complexity index is 702. The van der Waals surface area contributed by atoms with Crippen molar-refractivity contribution in [2.75, 3.05) is 12.3 Å². The van der Waals surface area contributed by atoms with Gasteiger partial charge in [0.2, 0.25) is 5.95 Å². The zero-order valence-corrected chi connectivity index (χ0v) is 11.2. The van der Waals surface area contributed by atoms with Gasteiger partial charge in [-0.05, 0) is 13.0 Å². The van der Waals surface area contributed by atoms with E-state index in [1.54, 1.807) is 13.0 Å². The summed E-state index contributed by atoms with van der Waals surface area (Å²) in [6, 6.07) is 7.37. The van der Waals surface area contributed by atoms with Gasteiger partial charge in [-0.15, -0.1) is 0 Å². The number of aromatic nitrogens is 2. The van der Waals surface area contributed by atoms with E-state index in [1.807, 2.05) is 0 Å². The minimum absolute atomic E-state index is 0.0655. The molecule has 0 atom stereocenters. The second-order valence-electron chi connectivity index (χ2n) is 4.16. The van der Waals surface area contributed by atoms with Gasteiger partial charge in [0, 0.05) is 24.2 Å². The van der Waals surface area contributed by atoms with Crippen molar-refractivity contribution in [3.63, 3.8) is 0 Å². The van der Waals surface area contributed by atoms with E-state index in [0.717, 1.165) is 0 Å². The highest BCUT2D eigenvalue weighted by Gasteiger charge is 2.13. The number of nitrogens with zero attached hydrogens (tertiary/aromatic N) is 3. The highest BCUT2D eigenvalue weighted by atomic mass is 16.6. The maximum atomic E-state index is 11.8. The third kappa shape index (κ3) is 3.30. The summed E-state index contributed by atoms with van der Waals surface area (Å²) >= 11 is 0. The van der Waals surface area contributed by atoms with Crippen LogP contribution in [-0.2, 0) is 0 Å². The fourth-order valence-electron chi connectivity index (χ4n) is 1.76. The Morgan fingerprint density at radius 1 is 1.38 bits per heavy atom. The molecule has 0 spiro atoms. The van der Waals surface area contributed by atoms with E-state index in [4.69, 9.17) is 5.73 Å². The van der Waals surface area contributed by atoms with Crippen molar-refractivity contribution < 1.29 is 9.72 Å². The first kappa shape index (κ1) is 14.4. The van der Waals surface area contributed by atoms with Crippen LogP contribution in [0.15, 0.2) is 30.3 Å². The molecule has 108 valence electrons. The van der Waals surface area contributed by atoms with Gasteiger partial charge in [0.05, 0.1) is 10.6 Å². The molecule has 0 bridgehead atoms. The molecule has 1 heterocycles. The Kier molecular flexibility index (Phi) is 4.07. The molecule has 8 heteroatoms. The fraction of sp³-hybridized carbons (Fsp3) is 0.154. The van der Waals surface area contributed by atoms with Crippen molar-refractivity contribution >= 4 is 17.5 Å². The number of nitro groups is 1. The number of nitro benzene ring substituents is 1. The minimum atomic E-state index is -0.501. The second-order valence-corrected chi connectivity index (χ2v) is 4.16. The molecule has 0 aliphatic heterocycles. The summed E-state index contributed by atoms with van der Waals surface area (Å²) in [7, 11) is 0. The summed E-state index contributed by atoms with van der Waals surface area (Å²) in [6.45, 7) is 2.23. The Labute approximate surface area is 120 Å². The van der Waals surface area contributed by atoms with Gasteiger partial charge in [-0.3, -0.25) is 14.9 Å². The molecule has 0 saturated carbocycles. The highest BCUT2D eigenvalue weighted by molar-refractivity contribution is 5.93. The van der Waals surface area contributed by atoms with Crippen LogP contribution in [-0.4, -0.2) is 27.3 Å². The number of nitrogens with two attached hydrogens (primary N) is 1. The van der Waals surface area contributed by atoms with Crippen molar-refractivity contribution in [1.82, 2.24) is 15.3 Å². The number of hydrogen-bond acceptors (Lipinski definition) is 6. The lowest BCUT2D eigenvalue weighted by atomic mass is 10.1. The van der Waals surface area contributed by atoms with E-state index >= 15 is 0 Å². The summed E-state index contributed by atoms with van der Waals surface area (Å²) in [6.07, 6.45) is 0. The van der Waals surface area contributed by atoms with Crippen LogP contribution in [0.5, 0.6) is 0 Å². The number of anilines is 1. The van der Waals surface area contributed by atoms with Gasteiger partial charge in [0.25, 0.3) is 11.6 Å². The molecule has 1 amide bonds. The van der Waals surface area contributed by atoms with Crippen molar-refractivity contribution in [1.29, 1.82) is 0 Å². The van der Waals surface area contributed by atoms with Gasteiger partial charge in [-0.2, -0.15) is 0 Å². The number of non-ortho nitro benzene ring substituents is 1. The lowest BCUT2D eigenvalue weighted by Gasteiger charge is -2.06. The zero-order chi connectivity index (χ0) is 15.4. The number of nitrogens with one attached hydrogen (secondary N) is 1. The Morgan fingerprint density at radius 2 is 2.14 bits per heavy atom. The first-order valence-corrected chi connectivity index (χ1v) is 6.19. The minimum Gasteiger partial charge on any atom is -0.368 e. The molecule has 21 heavy (non-hydrogen) atoms. The normalized spacial score (nSPS) is 10.1. The average molecular weight is 287 g/mol. The Balaban J connectivity index is 2.46. The predicted molar refractivity (Wildman–Crippen MR) is 76.5 cm³/mol. The fourth-order valence-corrected chi connectivity index (χ4v) is 1.76. The second kappa shape index (κ2) is 5.95. The van der Waals surface area contributed by atoms with E-state index in [9.17, 15) is 14.9 Å². The summed E-state index contributed by atoms with van der Waals surface area (Å²) in [4.78, 5) is 30.0. The van der Waals surface area contributed by atoms with Crippen molar-refractivity contribution in [2.45, 2.75) is 6.92 Å². The third-order valence-electron chi connectivity index (χ3n) is 2.67. The zero-order valence-electron chi connectivity index (χ0n) is 11.2. The molecule has 0 unspecified atom stereocenters. The molecular weight excluding hydrogens is 274 g/mol. The first-order chi connectivity index (χ1) is 10.0. The summed E-state index contributed by atoms with van der Waals surface area (Å²) in [5.41, 5.74) is 6.49. The topological polar surface area (TPSA) is 124 Å². The van der Waals surface area contributed by atoms with Crippen LogP contribution in [0.3, 0.4) is 0 Å². The van der Waals surface area contributed by atoms with E-state index in [0.29, 0.717) is 17.8 Å². The molecule has 0 fully saturated rings. The van der Waals surface area contributed by atoms with Crippen LogP contribution in [0.2, 0.25) is 0 Å². The molecule has 0 saturated heterocycles. The van der Waals surface area contributed by atoms with Gasteiger partial charge in [-0.1, -0.05) is 12.1 Å². The number of amides is 1. The third-order valence-corrected chi connectivity index (χ3v) is 2.67. The number of nitrogen functional groups attached to an aromatic ring is 1. The molecule has 1 aromatic carbocycles. The summed E-state index contributed by atoms with van der Waals surface area (Å²) in [5.74, 6) is -0.446. The molecule has 0 radical (unpaired) electrons. The van der Waals surface area contributed by atoms with Crippen LogP contribution in [0.1, 0.15) is 17.4 Å². The molecule has 2 aromatic rings. The SMILES string of the molecule is CCNC(=O)c1cc(-c2cccc([N+](=O)[O-])c2)nc(N)n1. The average Bonchev–Trinajstić information content (AvgIpc) is 2.47. The quantitative estimate of drug-likeness (QED) is 0.646. The first-order valence-electron chi connectivity index (χ1n) is 6.19. The Hall–Kier alpha value is -3.03. The molecular formula is C13H13N5O3. The van der Waals surface area contributed by atoms with Gasteiger partial charge < -0.3 is 11.1 Å². The van der Waals surface area contributed by atoms with Gasteiger partial charge in [0.1, 0.15) is 5.69 Å². The smallest absolute Gasteiger partial charge is 0.270 e. The van der Waals surface area contributed by atoms with Crippen LogP contribution in [0, 0.1) is 10.1 Å². The van der Waals surface area contributed by atoms with Crippen LogP contribution in [0.4, 0.5) is 11.6 Å².